The molecule has 1 atom stereocenters. The van der Waals surface area contributed by atoms with Crippen molar-refractivity contribution in [2.75, 3.05) is 6.61 Å². The van der Waals surface area contributed by atoms with E-state index in [9.17, 15) is 8.42 Å². The van der Waals surface area contributed by atoms with Gasteiger partial charge in [-0.1, -0.05) is 52.8 Å². The first kappa shape index (κ1) is 23.5. The van der Waals surface area contributed by atoms with Gasteiger partial charge in [-0.2, -0.15) is 8.42 Å². The number of hydrogen-bond acceptors (Lipinski definition) is 5. The molecule has 0 radical (unpaired) electrons. The number of aromatic amines is 1. The first-order valence-corrected chi connectivity index (χ1v) is 11.6. The van der Waals surface area contributed by atoms with Gasteiger partial charge >= 0.3 is 0 Å². The van der Waals surface area contributed by atoms with Crippen LogP contribution in [0.5, 0.6) is 0 Å². The summed E-state index contributed by atoms with van der Waals surface area (Å²) < 4.78 is 33.3. The largest absolute Gasteiger partial charge is 0.325 e. The molecule has 1 aromatic rings. The third-order valence-electron chi connectivity index (χ3n) is 4.26. The average molecular weight is 421 g/mol. The highest BCUT2D eigenvalue weighted by Crippen LogP contribution is 2.22. The summed E-state index contributed by atoms with van der Waals surface area (Å²) in [4.78, 5) is 2.96. The van der Waals surface area contributed by atoms with E-state index in [4.69, 9.17) is 28.6 Å². The van der Waals surface area contributed by atoms with Gasteiger partial charge in [0.15, 0.2) is 4.77 Å². The van der Waals surface area contributed by atoms with Crippen LogP contribution in [0.3, 0.4) is 0 Å². The number of aryl methyl sites for hydroxylation is 1. The number of aromatic nitrogens is 2. The van der Waals surface area contributed by atoms with Crippen molar-refractivity contribution in [2.45, 2.75) is 71.6 Å². The van der Waals surface area contributed by atoms with Crippen LogP contribution in [-0.2, 0) is 20.8 Å². The van der Waals surface area contributed by atoms with Crippen molar-refractivity contribution in [3.8, 4) is 0 Å². The zero-order valence-corrected chi connectivity index (χ0v) is 18.7. The van der Waals surface area contributed by atoms with E-state index < -0.39 is 15.4 Å². The van der Waals surface area contributed by atoms with E-state index in [0.29, 0.717) is 21.8 Å². The SMILES string of the molecule is CC(C)CC(C(C)C)S(=O)(=O)OCCCCCCn1ccc(=S)[nH]c1=S. The van der Waals surface area contributed by atoms with Gasteiger partial charge < -0.3 is 9.55 Å². The quantitative estimate of drug-likeness (QED) is 0.284. The van der Waals surface area contributed by atoms with Crippen molar-refractivity contribution in [2.24, 2.45) is 11.8 Å². The molecule has 0 fully saturated rings. The summed E-state index contributed by atoms with van der Waals surface area (Å²) in [7, 11) is -3.49. The van der Waals surface area contributed by atoms with Crippen LogP contribution in [0.2, 0.25) is 0 Å². The maximum absolute atomic E-state index is 12.4. The Labute approximate surface area is 168 Å². The molecule has 0 saturated carbocycles. The summed E-state index contributed by atoms with van der Waals surface area (Å²) >= 11 is 10.3. The lowest BCUT2D eigenvalue weighted by molar-refractivity contribution is 0.289. The molecule has 150 valence electrons. The summed E-state index contributed by atoms with van der Waals surface area (Å²) in [6, 6.07) is 1.83. The van der Waals surface area contributed by atoms with Gasteiger partial charge in [-0.3, -0.25) is 4.18 Å². The standard InChI is InChI=1S/C18H32N2O3S3/c1-14(2)13-16(15(3)4)26(21,22)23-12-8-6-5-7-10-20-11-9-17(24)19-18(20)25/h9,11,14-16H,5-8,10,12-13H2,1-4H3,(H,19,24,25). The highest BCUT2D eigenvalue weighted by atomic mass is 32.2. The molecule has 0 aliphatic heterocycles. The molecular weight excluding hydrogens is 388 g/mol. The van der Waals surface area contributed by atoms with Gasteiger partial charge in [0.2, 0.25) is 0 Å². The molecule has 1 N–H and O–H groups in total. The lowest BCUT2D eigenvalue weighted by atomic mass is 10.0. The topological polar surface area (TPSA) is 64.1 Å². The van der Waals surface area contributed by atoms with Crippen LogP contribution in [0, 0.1) is 21.2 Å². The number of H-pyrrole nitrogens is 1. The monoisotopic (exact) mass is 420 g/mol. The molecule has 1 rings (SSSR count). The highest BCUT2D eigenvalue weighted by Gasteiger charge is 2.30. The van der Waals surface area contributed by atoms with Crippen molar-refractivity contribution in [1.29, 1.82) is 0 Å². The molecule has 0 aliphatic carbocycles. The average Bonchev–Trinajstić information content (AvgIpc) is 2.52. The summed E-state index contributed by atoms with van der Waals surface area (Å²) in [5, 5.41) is -0.423. The van der Waals surface area contributed by atoms with E-state index in [1.807, 2.05) is 44.5 Å². The lowest BCUT2D eigenvalue weighted by Gasteiger charge is -2.22. The minimum Gasteiger partial charge on any atom is -0.325 e. The van der Waals surface area contributed by atoms with Crippen LogP contribution in [0.1, 0.15) is 59.8 Å². The molecule has 0 saturated heterocycles. The first-order valence-electron chi connectivity index (χ1n) is 9.31. The fourth-order valence-electron chi connectivity index (χ4n) is 2.81. The maximum atomic E-state index is 12.4. The Balaban J connectivity index is 2.30. The minimum atomic E-state index is -3.49. The van der Waals surface area contributed by atoms with Gasteiger partial charge in [0, 0.05) is 12.7 Å². The Hall–Kier alpha value is -0.570. The molecule has 1 aromatic heterocycles. The first-order chi connectivity index (χ1) is 12.1. The van der Waals surface area contributed by atoms with Crippen molar-refractivity contribution >= 4 is 34.6 Å². The second-order valence-electron chi connectivity index (χ2n) is 7.44. The second-order valence-corrected chi connectivity index (χ2v) is 10.1. The number of nitrogens with one attached hydrogen (secondary N) is 1. The van der Waals surface area contributed by atoms with Crippen LogP contribution in [-0.4, -0.2) is 29.8 Å². The minimum absolute atomic E-state index is 0.0605. The molecule has 0 bridgehead atoms. The van der Waals surface area contributed by atoms with E-state index in [-0.39, 0.29) is 12.5 Å². The van der Waals surface area contributed by atoms with Gasteiger partial charge in [0.05, 0.1) is 11.9 Å². The normalized spacial score (nSPS) is 13.5. The zero-order chi connectivity index (χ0) is 19.7. The third-order valence-corrected chi connectivity index (χ3v) is 6.80. The van der Waals surface area contributed by atoms with Gasteiger partial charge in [0.25, 0.3) is 10.1 Å². The van der Waals surface area contributed by atoms with E-state index in [1.54, 1.807) is 0 Å². The van der Waals surface area contributed by atoms with Crippen LogP contribution in [0.25, 0.3) is 0 Å². The van der Waals surface area contributed by atoms with Crippen LogP contribution in [0.15, 0.2) is 12.3 Å². The van der Waals surface area contributed by atoms with Gasteiger partial charge in [0.1, 0.15) is 4.64 Å². The molecule has 1 heterocycles. The van der Waals surface area contributed by atoms with Crippen LogP contribution < -0.4 is 0 Å². The molecule has 0 amide bonds. The van der Waals surface area contributed by atoms with Crippen molar-refractivity contribution in [3.63, 3.8) is 0 Å². The number of nitrogens with zero attached hydrogens (tertiary/aromatic N) is 1. The summed E-state index contributed by atoms with van der Waals surface area (Å²) in [6.45, 7) is 9.05. The Bertz CT molecular complexity index is 751. The van der Waals surface area contributed by atoms with Crippen molar-refractivity contribution in [1.82, 2.24) is 9.55 Å². The molecule has 26 heavy (non-hydrogen) atoms. The number of hydrogen-bond donors (Lipinski definition) is 1. The predicted molar refractivity (Wildman–Crippen MR) is 112 cm³/mol. The molecule has 1 unspecified atom stereocenters. The lowest BCUT2D eigenvalue weighted by Crippen LogP contribution is -2.30. The Morgan fingerprint density at radius 3 is 2.35 bits per heavy atom. The number of rotatable bonds is 12. The molecule has 5 nitrogen and oxygen atoms in total. The molecule has 0 aromatic carbocycles. The third kappa shape index (κ3) is 8.41. The predicted octanol–water partition coefficient (Wildman–Crippen LogP) is 5.25. The Morgan fingerprint density at radius 2 is 1.77 bits per heavy atom. The zero-order valence-electron chi connectivity index (χ0n) is 16.2. The summed E-state index contributed by atoms with van der Waals surface area (Å²) in [5.41, 5.74) is 0. The smallest absolute Gasteiger partial charge is 0.270 e. The second kappa shape index (κ2) is 11.3. The van der Waals surface area contributed by atoms with Crippen LogP contribution >= 0.6 is 24.4 Å². The van der Waals surface area contributed by atoms with Crippen molar-refractivity contribution in [3.05, 3.63) is 21.7 Å². The van der Waals surface area contributed by atoms with E-state index >= 15 is 0 Å². The molecule has 8 heteroatoms. The van der Waals surface area contributed by atoms with E-state index in [2.05, 4.69) is 4.98 Å². The molecule has 0 aliphatic rings. The van der Waals surface area contributed by atoms with Gasteiger partial charge in [-0.05, 0) is 49.4 Å². The fraction of sp³-hybridized carbons (Fsp3) is 0.778. The van der Waals surface area contributed by atoms with E-state index in [1.165, 1.54) is 0 Å². The van der Waals surface area contributed by atoms with Gasteiger partial charge in [-0.15, -0.1) is 0 Å². The summed E-state index contributed by atoms with van der Waals surface area (Å²) in [5.74, 6) is 0.393. The van der Waals surface area contributed by atoms with E-state index in [0.717, 1.165) is 32.2 Å². The maximum Gasteiger partial charge on any atom is 0.270 e. The molecular formula is C18H32N2O3S3. The van der Waals surface area contributed by atoms with Gasteiger partial charge in [-0.25, -0.2) is 0 Å². The molecule has 0 spiro atoms. The van der Waals surface area contributed by atoms with Crippen LogP contribution in [0.4, 0.5) is 0 Å². The summed E-state index contributed by atoms with van der Waals surface area (Å²) in [6.07, 6.45) is 6.20. The fourth-order valence-corrected chi connectivity index (χ4v) is 5.10. The Kier molecular flexibility index (Phi) is 10.2. The highest BCUT2D eigenvalue weighted by molar-refractivity contribution is 7.87. The Morgan fingerprint density at radius 1 is 1.12 bits per heavy atom. The van der Waals surface area contributed by atoms with Crippen molar-refractivity contribution < 1.29 is 12.6 Å². The number of unbranched alkanes of at least 4 members (excludes halogenated alkanes) is 3.